The van der Waals surface area contributed by atoms with Crippen LogP contribution in [0, 0.1) is 0 Å². The first kappa shape index (κ1) is 19.6. The Hall–Kier alpha value is -3.73. The van der Waals surface area contributed by atoms with Crippen LogP contribution in [0.5, 0.6) is 5.75 Å². The number of hydrogen-bond acceptors (Lipinski definition) is 8. The third kappa shape index (κ3) is 3.50. The van der Waals surface area contributed by atoms with Crippen molar-refractivity contribution >= 4 is 21.8 Å². The molecule has 1 aromatic heterocycles. The molecule has 0 unspecified atom stereocenters. The van der Waals surface area contributed by atoms with E-state index in [4.69, 9.17) is 9.26 Å². The van der Waals surface area contributed by atoms with Gasteiger partial charge in [0.05, 0.1) is 19.2 Å². The topological polar surface area (TPSA) is 132 Å². The van der Waals surface area contributed by atoms with Crippen molar-refractivity contribution in [3.63, 3.8) is 0 Å². The maximum Gasteiger partial charge on any atom is 0.269 e. The molecule has 0 bridgehead atoms. The second kappa shape index (κ2) is 7.59. The summed E-state index contributed by atoms with van der Waals surface area (Å²) in [6, 6.07) is 12.8. The van der Waals surface area contributed by atoms with Crippen molar-refractivity contribution in [2.75, 3.05) is 13.7 Å². The van der Waals surface area contributed by atoms with Crippen LogP contribution < -0.4 is 10.1 Å². The minimum atomic E-state index is -4.05. The number of hydrogen-bond donors (Lipinski definition) is 1. The third-order valence-electron chi connectivity index (χ3n) is 4.45. The number of rotatable bonds is 6. The monoisotopic (exact) mass is 428 g/mol. The van der Waals surface area contributed by atoms with Gasteiger partial charge < -0.3 is 14.6 Å². The summed E-state index contributed by atoms with van der Waals surface area (Å²) in [5.74, 6) is -0.268. The van der Waals surface area contributed by atoms with Gasteiger partial charge in [-0.25, -0.2) is 12.7 Å². The minimum Gasteiger partial charge on any atom is -0.497 e. The summed E-state index contributed by atoms with van der Waals surface area (Å²) in [6.07, 6.45) is 0. The molecule has 2 amide bonds. The molecule has 0 saturated heterocycles. The normalized spacial score (nSPS) is 14.4. The second-order valence-corrected chi connectivity index (χ2v) is 8.16. The van der Waals surface area contributed by atoms with Gasteiger partial charge in [0.1, 0.15) is 17.2 Å². The summed E-state index contributed by atoms with van der Waals surface area (Å²) in [4.78, 5) is 28.7. The number of benzene rings is 2. The molecule has 2 heterocycles. The number of nitrogens with one attached hydrogen (secondary N) is 1. The van der Waals surface area contributed by atoms with Crippen molar-refractivity contribution in [1.29, 1.82) is 0 Å². The quantitative estimate of drug-likeness (QED) is 0.620. The molecule has 1 aliphatic heterocycles. The summed E-state index contributed by atoms with van der Waals surface area (Å²) >= 11 is 0. The highest BCUT2D eigenvalue weighted by atomic mass is 32.2. The summed E-state index contributed by atoms with van der Waals surface area (Å²) < 4.78 is 35.7. The number of sulfonamides is 1. The molecule has 0 spiro atoms. The molecule has 11 heteroatoms. The molecule has 2 aromatic carbocycles. The van der Waals surface area contributed by atoms with Gasteiger partial charge in [-0.2, -0.15) is 4.98 Å². The van der Waals surface area contributed by atoms with E-state index in [1.54, 1.807) is 37.4 Å². The van der Waals surface area contributed by atoms with E-state index >= 15 is 0 Å². The van der Waals surface area contributed by atoms with Crippen LogP contribution in [0.1, 0.15) is 16.2 Å². The number of methoxy groups -OCH3 is 1. The average molecular weight is 428 g/mol. The smallest absolute Gasteiger partial charge is 0.269 e. The van der Waals surface area contributed by atoms with Crippen LogP contribution in [-0.2, 0) is 21.4 Å². The van der Waals surface area contributed by atoms with E-state index in [0.717, 1.165) is 0 Å². The fourth-order valence-corrected chi connectivity index (χ4v) is 4.46. The Bertz CT molecular complexity index is 1220. The molecule has 0 aliphatic carbocycles. The maximum absolute atomic E-state index is 12.5. The van der Waals surface area contributed by atoms with Gasteiger partial charge in [-0.1, -0.05) is 17.3 Å². The lowest BCUT2D eigenvalue weighted by Gasteiger charge is -2.14. The Balaban J connectivity index is 1.39. The fourth-order valence-electron chi connectivity index (χ4n) is 2.93. The number of carbonyl (C=O) groups is 2. The molecule has 0 radical (unpaired) electrons. The number of carbonyl (C=O) groups excluding carboxylic acids is 2. The lowest BCUT2D eigenvalue weighted by Crippen LogP contribution is -2.40. The Morgan fingerprint density at radius 3 is 2.60 bits per heavy atom. The van der Waals surface area contributed by atoms with Gasteiger partial charge in [-0.15, -0.1) is 0 Å². The van der Waals surface area contributed by atoms with Gasteiger partial charge in [-0.3, -0.25) is 9.59 Å². The van der Waals surface area contributed by atoms with Crippen molar-refractivity contribution < 1.29 is 27.3 Å². The highest BCUT2D eigenvalue weighted by molar-refractivity contribution is 7.90. The van der Waals surface area contributed by atoms with E-state index in [2.05, 4.69) is 15.5 Å². The van der Waals surface area contributed by atoms with Gasteiger partial charge in [0.2, 0.25) is 17.6 Å². The summed E-state index contributed by atoms with van der Waals surface area (Å²) in [5, 5.41) is 6.33. The molecule has 0 saturated carbocycles. The first-order chi connectivity index (χ1) is 14.4. The Labute approximate surface area is 171 Å². The molecule has 154 valence electrons. The zero-order valence-corrected chi connectivity index (χ0v) is 16.5. The van der Waals surface area contributed by atoms with Gasteiger partial charge in [0, 0.05) is 5.56 Å². The second-order valence-electron chi connectivity index (χ2n) is 6.33. The van der Waals surface area contributed by atoms with Crippen molar-refractivity contribution in [3.05, 3.63) is 60.0 Å². The van der Waals surface area contributed by atoms with Crippen molar-refractivity contribution in [3.8, 4) is 17.1 Å². The number of ether oxygens (including phenoxy) is 1. The molecule has 1 aliphatic rings. The lowest BCUT2D eigenvalue weighted by molar-refractivity contribution is -0.121. The zero-order valence-electron chi connectivity index (χ0n) is 15.7. The molecule has 3 aromatic rings. The van der Waals surface area contributed by atoms with E-state index in [9.17, 15) is 18.0 Å². The van der Waals surface area contributed by atoms with Crippen LogP contribution in [0.3, 0.4) is 0 Å². The van der Waals surface area contributed by atoms with Gasteiger partial charge in [0.15, 0.2) is 0 Å². The minimum absolute atomic E-state index is 0.0475. The molecule has 0 atom stereocenters. The molecule has 10 nitrogen and oxygen atoms in total. The highest BCUT2D eigenvalue weighted by Crippen LogP contribution is 2.29. The molecule has 1 N–H and O–H groups in total. The largest absolute Gasteiger partial charge is 0.497 e. The van der Waals surface area contributed by atoms with Crippen LogP contribution in [0.2, 0.25) is 0 Å². The van der Waals surface area contributed by atoms with Gasteiger partial charge in [0.25, 0.3) is 15.9 Å². The summed E-state index contributed by atoms with van der Waals surface area (Å²) in [6.45, 7) is -0.758. The van der Waals surface area contributed by atoms with E-state index in [-0.39, 0.29) is 22.9 Å². The molecule has 30 heavy (non-hydrogen) atoms. The predicted molar refractivity (Wildman–Crippen MR) is 103 cm³/mol. The van der Waals surface area contributed by atoms with Crippen molar-refractivity contribution in [2.45, 2.75) is 11.4 Å². The van der Waals surface area contributed by atoms with E-state index in [1.807, 2.05) is 0 Å². The molecular weight excluding hydrogens is 412 g/mol. The highest BCUT2D eigenvalue weighted by Gasteiger charge is 2.41. The first-order valence-electron chi connectivity index (χ1n) is 8.80. The molecular formula is C19H16N4O6S. The van der Waals surface area contributed by atoms with Gasteiger partial charge in [-0.05, 0) is 36.4 Å². The Kier molecular flexibility index (Phi) is 4.96. The van der Waals surface area contributed by atoms with Crippen molar-refractivity contribution in [1.82, 2.24) is 19.8 Å². The fraction of sp³-hybridized carbons (Fsp3) is 0.158. The van der Waals surface area contributed by atoms with Crippen LogP contribution >= 0.6 is 0 Å². The zero-order chi connectivity index (χ0) is 21.3. The number of fused-ring (bicyclic) bond motifs is 1. The third-order valence-corrected chi connectivity index (χ3v) is 6.24. The van der Waals surface area contributed by atoms with E-state index < -0.39 is 28.4 Å². The summed E-state index contributed by atoms with van der Waals surface area (Å²) in [5.41, 5.74) is 0.745. The number of amides is 2. The molecule has 4 rings (SSSR count). The number of nitrogens with zero attached hydrogens (tertiary/aromatic N) is 3. The number of aromatic nitrogens is 2. The SMILES string of the molecule is COc1ccc(-c2noc(CNC(=O)CN3C(=O)c4ccccc4S3(=O)=O)n2)cc1. The van der Waals surface area contributed by atoms with Crippen LogP contribution in [0.25, 0.3) is 11.4 Å². The van der Waals surface area contributed by atoms with E-state index in [0.29, 0.717) is 21.4 Å². The van der Waals surface area contributed by atoms with Crippen molar-refractivity contribution in [2.24, 2.45) is 0 Å². The average Bonchev–Trinajstić information content (AvgIpc) is 3.30. The first-order valence-corrected chi connectivity index (χ1v) is 10.2. The van der Waals surface area contributed by atoms with Crippen LogP contribution in [0.15, 0.2) is 57.9 Å². The summed E-state index contributed by atoms with van der Waals surface area (Å²) in [7, 11) is -2.49. The standard InChI is InChI=1S/C19H16N4O6S/c1-28-13-8-6-12(7-9-13)18-21-17(29-22-18)10-20-16(24)11-23-19(25)14-4-2-3-5-15(14)30(23,26)27/h2-9H,10-11H2,1H3,(H,20,24). The Morgan fingerprint density at radius 1 is 1.17 bits per heavy atom. The predicted octanol–water partition coefficient (Wildman–Crippen LogP) is 1.21. The lowest BCUT2D eigenvalue weighted by atomic mass is 10.2. The molecule has 0 fully saturated rings. The van der Waals surface area contributed by atoms with Gasteiger partial charge >= 0.3 is 0 Å². The Morgan fingerprint density at radius 2 is 1.90 bits per heavy atom. The van der Waals surface area contributed by atoms with Crippen LogP contribution in [-0.4, -0.2) is 48.3 Å². The van der Waals surface area contributed by atoms with Crippen LogP contribution in [0.4, 0.5) is 0 Å². The van der Waals surface area contributed by atoms with E-state index in [1.165, 1.54) is 18.2 Å². The maximum atomic E-state index is 12.5.